The Hall–Kier alpha value is -1.49. The van der Waals surface area contributed by atoms with Crippen LogP contribution in [0.25, 0.3) is 0 Å². The van der Waals surface area contributed by atoms with Crippen molar-refractivity contribution in [2.24, 2.45) is 0 Å². The second-order valence-corrected chi connectivity index (χ2v) is 3.66. The minimum absolute atomic E-state index is 0.0857. The van der Waals surface area contributed by atoms with Crippen molar-refractivity contribution in [2.45, 2.75) is 20.4 Å². The van der Waals surface area contributed by atoms with E-state index in [1.807, 2.05) is 13.8 Å². The third-order valence-electron chi connectivity index (χ3n) is 2.32. The fourth-order valence-corrected chi connectivity index (χ4v) is 1.12. The van der Waals surface area contributed by atoms with Crippen molar-refractivity contribution in [3.05, 3.63) is 23.8 Å². The Morgan fingerprint density at radius 2 is 2.19 bits per heavy atom. The van der Waals surface area contributed by atoms with Crippen LogP contribution in [-0.2, 0) is 11.3 Å². The average Bonchev–Trinajstić information content (AvgIpc) is 2.30. The van der Waals surface area contributed by atoms with E-state index in [9.17, 15) is 4.79 Å². The monoisotopic (exact) mass is 222 g/mol. The van der Waals surface area contributed by atoms with Gasteiger partial charge in [-0.15, -0.1) is 0 Å². The number of aromatic nitrogens is 2. The maximum Gasteiger partial charge on any atom is 0.236 e. The van der Waals surface area contributed by atoms with Crippen LogP contribution in [0, 0.1) is 6.92 Å². The van der Waals surface area contributed by atoms with Gasteiger partial charge in [0.1, 0.15) is 0 Å². The van der Waals surface area contributed by atoms with Crippen LogP contribution < -0.4 is 5.32 Å². The Labute approximate surface area is 95.9 Å². The van der Waals surface area contributed by atoms with Crippen LogP contribution >= 0.6 is 0 Å². The van der Waals surface area contributed by atoms with E-state index in [1.54, 1.807) is 24.3 Å². The molecule has 1 heterocycles. The van der Waals surface area contributed by atoms with Gasteiger partial charge in [0.05, 0.1) is 17.9 Å². The van der Waals surface area contributed by atoms with E-state index in [0.29, 0.717) is 13.1 Å². The van der Waals surface area contributed by atoms with Gasteiger partial charge in [-0.1, -0.05) is 0 Å². The fraction of sp³-hybridized carbons (Fsp3) is 0.545. The second kappa shape index (κ2) is 6.17. The number of carbonyl (C=O) groups is 1. The summed E-state index contributed by atoms with van der Waals surface area (Å²) in [5, 5.41) is 3.04. The number of nitrogens with zero attached hydrogens (tertiary/aromatic N) is 3. The quantitative estimate of drug-likeness (QED) is 0.781. The second-order valence-electron chi connectivity index (χ2n) is 3.66. The van der Waals surface area contributed by atoms with Gasteiger partial charge in [0.15, 0.2) is 0 Å². The Kier molecular flexibility index (Phi) is 4.85. The molecule has 1 N–H and O–H groups in total. The largest absolute Gasteiger partial charge is 0.345 e. The lowest BCUT2D eigenvalue weighted by Crippen LogP contribution is -2.35. The van der Waals surface area contributed by atoms with Crippen LogP contribution in [0.1, 0.15) is 18.3 Å². The molecule has 1 amide bonds. The molecular weight excluding hydrogens is 204 g/mol. The molecule has 0 spiro atoms. The normalized spacial score (nSPS) is 10.2. The number of hydrogen-bond acceptors (Lipinski definition) is 4. The number of hydrogen-bond donors (Lipinski definition) is 1. The maximum atomic E-state index is 11.4. The van der Waals surface area contributed by atoms with Crippen molar-refractivity contribution in [2.75, 3.05) is 20.1 Å². The van der Waals surface area contributed by atoms with Crippen molar-refractivity contribution in [1.82, 2.24) is 20.2 Å². The van der Waals surface area contributed by atoms with E-state index in [1.165, 1.54) is 0 Å². The SMILES string of the molecule is CCN(C)C(=O)CNCc1cnc(C)cn1. The standard InChI is InChI=1S/C11H18N4O/c1-4-15(3)11(16)8-12-6-10-7-13-9(2)5-14-10/h5,7,12H,4,6,8H2,1-3H3. The highest BCUT2D eigenvalue weighted by molar-refractivity contribution is 5.77. The predicted molar refractivity (Wildman–Crippen MR) is 61.8 cm³/mol. The lowest BCUT2D eigenvalue weighted by molar-refractivity contribution is -0.128. The fourth-order valence-electron chi connectivity index (χ4n) is 1.12. The molecule has 0 saturated heterocycles. The molecule has 0 saturated carbocycles. The van der Waals surface area contributed by atoms with E-state index >= 15 is 0 Å². The highest BCUT2D eigenvalue weighted by Gasteiger charge is 2.05. The summed E-state index contributed by atoms with van der Waals surface area (Å²) in [5.41, 5.74) is 1.74. The van der Waals surface area contributed by atoms with Crippen molar-refractivity contribution >= 4 is 5.91 Å². The van der Waals surface area contributed by atoms with Gasteiger partial charge in [0.25, 0.3) is 0 Å². The van der Waals surface area contributed by atoms with Crippen molar-refractivity contribution in [1.29, 1.82) is 0 Å². The molecule has 16 heavy (non-hydrogen) atoms. The number of carbonyl (C=O) groups excluding carboxylic acids is 1. The molecule has 0 bridgehead atoms. The first kappa shape index (κ1) is 12.6. The Bertz CT molecular complexity index is 336. The van der Waals surface area contributed by atoms with Crippen LogP contribution in [0.15, 0.2) is 12.4 Å². The molecule has 5 heteroatoms. The predicted octanol–water partition coefficient (Wildman–Crippen LogP) is 0.353. The summed E-state index contributed by atoms with van der Waals surface area (Å²) < 4.78 is 0. The highest BCUT2D eigenvalue weighted by Crippen LogP contribution is 1.93. The van der Waals surface area contributed by atoms with Gasteiger partial charge in [-0.3, -0.25) is 14.8 Å². The highest BCUT2D eigenvalue weighted by atomic mass is 16.2. The number of rotatable bonds is 5. The number of likely N-dealkylation sites (N-methyl/N-ethyl adjacent to an activating group) is 1. The smallest absolute Gasteiger partial charge is 0.236 e. The molecule has 0 radical (unpaired) electrons. The van der Waals surface area contributed by atoms with E-state index in [0.717, 1.165) is 17.9 Å². The molecule has 0 aliphatic rings. The molecule has 1 rings (SSSR count). The third kappa shape index (κ3) is 3.94. The molecule has 0 aromatic carbocycles. The third-order valence-corrected chi connectivity index (χ3v) is 2.32. The van der Waals surface area contributed by atoms with E-state index in [4.69, 9.17) is 0 Å². The molecule has 0 atom stereocenters. The van der Waals surface area contributed by atoms with Crippen molar-refractivity contribution < 1.29 is 4.79 Å². The molecule has 0 fully saturated rings. The summed E-state index contributed by atoms with van der Waals surface area (Å²) in [6.45, 7) is 5.47. The Balaban J connectivity index is 2.30. The summed E-state index contributed by atoms with van der Waals surface area (Å²) >= 11 is 0. The van der Waals surface area contributed by atoms with Gasteiger partial charge < -0.3 is 10.2 Å². The summed E-state index contributed by atoms with van der Waals surface area (Å²) in [6, 6.07) is 0. The maximum absolute atomic E-state index is 11.4. The lowest BCUT2D eigenvalue weighted by Gasteiger charge is -2.14. The Morgan fingerprint density at radius 1 is 1.44 bits per heavy atom. The Morgan fingerprint density at radius 3 is 2.75 bits per heavy atom. The van der Waals surface area contributed by atoms with Crippen molar-refractivity contribution in [3.63, 3.8) is 0 Å². The molecule has 0 aliphatic heterocycles. The number of amides is 1. The van der Waals surface area contributed by atoms with E-state index < -0.39 is 0 Å². The number of aryl methyl sites for hydroxylation is 1. The summed E-state index contributed by atoms with van der Waals surface area (Å²) in [5.74, 6) is 0.0857. The van der Waals surface area contributed by atoms with E-state index in [2.05, 4.69) is 15.3 Å². The van der Waals surface area contributed by atoms with Crippen LogP contribution in [-0.4, -0.2) is 40.9 Å². The molecule has 0 aliphatic carbocycles. The van der Waals surface area contributed by atoms with Crippen LogP contribution in [0.5, 0.6) is 0 Å². The zero-order valence-corrected chi connectivity index (χ0v) is 10.0. The molecule has 0 unspecified atom stereocenters. The van der Waals surface area contributed by atoms with Gasteiger partial charge in [-0.05, 0) is 13.8 Å². The van der Waals surface area contributed by atoms with Crippen LogP contribution in [0.2, 0.25) is 0 Å². The molecule has 88 valence electrons. The van der Waals surface area contributed by atoms with Gasteiger partial charge in [0.2, 0.25) is 5.91 Å². The van der Waals surface area contributed by atoms with Crippen molar-refractivity contribution in [3.8, 4) is 0 Å². The summed E-state index contributed by atoms with van der Waals surface area (Å²) in [7, 11) is 1.79. The average molecular weight is 222 g/mol. The topological polar surface area (TPSA) is 58.1 Å². The first-order valence-electron chi connectivity index (χ1n) is 5.35. The minimum Gasteiger partial charge on any atom is -0.345 e. The molecular formula is C11H18N4O. The summed E-state index contributed by atoms with van der Waals surface area (Å²) in [4.78, 5) is 21.4. The minimum atomic E-state index is 0.0857. The van der Waals surface area contributed by atoms with Gasteiger partial charge in [0, 0.05) is 32.5 Å². The first-order chi connectivity index (χ1) is 7.63. The van der Waals surface area contributed by atoms with Gasteiger partial charge in [-0.25, -0.2) is 0 Å². The zero-order valence-electron chi connectivity index (χ0n) is 10.0. The molecule has 1 aromatic heterocycles. The molecule has 5 nitrogen and oxygen atoms in total. The number of nitrogens with one attached hydrogen (secondary N) is 1. The summed E-state index contributed by atoms with van der Waals surface area (Å²) in [6.07, 6.45) is 3.44. The van der Waals surface area contributed by atoms with Gasteiger partial charge in [-0.2, -0.15) is 0 Å². The van der Waals surface area contributed by atoms with Crippen LogP contribution in [0.4, 0.5) is 0 Å². The first-order valence-corrected chi connectivity index (χ1v) is 5.35. The van der Waals surface area contributed by atoms with Gasteiger partial charge >= 0.3 is 0 Å². The van der Waals surface area contributed by atoms with Crippen LogP contribution in [0.3, 0.4) is 0 Å². The lowest BCUT2D eigenvalue weighted by atomic mass is 10.4. The molecule has 1 aromatic rings. The zero-order chi connectivity index (χ0) is 12.0. The van der Waals surface area contributed by atoms with E-state index in [-0.39, 0.29) is 5.91 Å².